The van der Waals surface area contributed by atoms with E-state index in [1.165, 1.54) is 0 Å². The summed E-state index contributed by atoms with van der Waals surface area (Å²) in [6.45, 7) is 0.762. The summed E-state index contributed by atoms with van der Waals surface area (Å²) < 4.78 is 5.43. The highest BCUT2D eigenvalue weighted by molar-refractivity contribution is 5.07. The van der Waals surface area contributed by atoms with E-state index in [0.29, 0.717) is 13.2 Å². The van der Waals surface area contributed by atoms with E-state index in [-0.39, 0.29) is 5.60 Å². The van der Waals surface area contributed by atoms with Crippen molar-refractivity contribution in [1.29, 1.82) is 0 Å². The quantitative estimate of drug-likeness (QED) is 0.526. The highest BCUT2D eigenvalue weighted by Crippen LogP contribution is 2.50. The lowest BCUT2D eigenvalue weighted by molar-refractivity contribution is 0.0251. The van der Waals surface area contributed by atoms with Gasteiger partial charge in [-0.15, -0.1) is 0 Å². The van der Waals surface area contributed by atoms with E-state index in [1.54, 1.807) is 0 Å². The minimum absolute atomic E-state index is 0.0497. The van der Waals surface area contributed by atoms with Gasteiger partial charge >= 0.3 is 0 Å². The van der Waals surface area contributed by atoms with E-state index in [4.69, 9.17) is 10.5 Å². The molecule has 0 aromatic heterocycles. The molecule has 1 saturated heterocycles. The van der Waals surface area contributed by atoms with Gasteiger partial charge in [-0.3, -0.25) is 0 Å². The normalized spacial score (nSPS) is 42.6. The molecule has 2 aliphatic rings. The number of hydrogen-bond donors (Lipinski definition) is 2. The summed E-state index contributed by atoms with van der Waals surface area (Å²) in [7, 11) is 0. The first-order valence-corrected chi connectivity index (χ1v) is 3.75. The van der Waals surface area contributed by atoms with Crippen LogP contribution in [0.3, 0.4) is 0 Å². The Morgan fingerprint density at radius 3 is 2.50 bits per heavy atom. The van der Waals surface area contributed by atoms with Crippen molar-refractivity contribution in [2.45, 2.75) is 30.5 Å². The van der Waals surface area contributed by atoms with Gasteiger partial charge in [0.25, 0.3) is 0 Å². The molecule has 3 nitrogen and oxygen atoms in total. The van der Waals surface area contributed by atoms with E-state index in [2.05, 4.69) is 0 Å². The molecular formula is C7H13NO2. The molecule has 1 heterocycles. The van der Waals surface area contributed by atoms with Crippen molar-refractivity contribution >= 4 is 0 Å². The summed E-state index contributed by atoms with van der Waals surface area (Å²) in [5.41, 5.74) is 4.72. The second-order valence-electron chi connectivity index (χ2n) is 3.58. The van der Waals surface area contributed by atoms with Gasteiger partial charge in [0.05, 0.1) is 12.2 Å². The molecule has 0 amide bonds. The van der Waals surface area contributed by atoms with Crippen molar-refractivity contribution in [2.75, 3.05) is 13.2 Å². The molecule has 1 unspecified atom stereocenters. The lowest BCUT2D eigenvalue weighted by Crippen LogP contribution is -2.38. The largest absolute Gasteiger partial charge is 0.386 e. The third-order valence-electron chi connectivity index (χ3n) is 2.49. The van der Waals surface area contributed by atoms with Crippen LogP contribution < -0.4 is 5.73 Å². The first-order valence-electron chi connectivity index (χ1n) is 3.75. The van der Waals surface area contributed by atoms with E-state index in [1.807, 2.05) is 0 Å². The highest BCUT2D eigenvalue weighted by Gasteiger charge is 2.55. The van der Waals surface area contributed by atoms with Crippen LogP contribution in [0.15, 0.2) is 0 Å². The monoisotopic (exact) mass is 143 g/mol. The maximum absolute atomic E-state index is 9.63. The van der Waals surface area contributed by atoms with Gasteiger partial charge in [0.1, 0.15) is 5.60 Å². The Labute approximate surface area is 60.2 Å². The lowest BCUT2D eigenvalue weighted by atomic mass is 10.00. The van der Waals surface area contributed by atoms with Gasteiger partial charge in [0.15, 0.2) is 0 Å². The Kier molecular flexibility index (Phi) is 1.14. The van der Waals surface area contributed by atoms with E-state index in [9.17, 15) is 5.11 Å². The SMILES string of the molecule is NCC1(O)COC2(CC2)C1. The molecule has 1 atom stereocenters. The molecule has 0 aromatic rings. The number of hydrogen-bond acceptors (Lipinski definition) is 3. The first kappa shape index (κ1) is 6.58. The zero-order valence-corrected chi connectivity index (χ0v) is 5.97. The Bertz CT molecular complexity index is 156. The van der Waals surface area contributed by atoms with Gasteiger partial charge in [0.2, 0.25) is 0 Å². The molecule has 58 valence electrons. The summed E-state index contributed by atoms with van der Waals surface area (Å²) >= 11 is 0. The van der Waals surface area contributed by atoms with Crippen LogP contribution in [0.25, 0.3) is 0 Å². The van der Waals surface area contributed by atoms with Crippen LogP contribution in [-0.2, 0) is 4.74 Å². The lowest BCUT2D eigenvalue weighted by Gasteiger charge is -2.16. The zero-order chi connectivity index (χ0) is 7.24. The molecule has 0 aromatic carbocycles. The van der Waals surface area contributed by atoms with E-state index < -0.39 is 5.60 Å². The molecule has 1 saturated carbocycles. The molecular weight excluding hydrogens is 130 g/mol. The van der Waals surface area contributed by atoms with Gasteiger partial charge in [-0.2, -0.15) is 0 Å². The fraction of sp³-hybridized carbons (Fsp3) is 1.00. The predicted molar refractivity (Wildman–Crippen MR) is 36.5 cm³/mol. The highest BCUT2D eigenvalue weighted by atomic mass is 16.5. The van der Waals surface area contributed by atoms with Crippen LogP contribution in [0.5, 0.6) is 0 Å². The molecule has 10 heavy (non-hydrogen) atoms. The average molecular weight is 143 g/mol. The van der Waals surface area contributed by atoms with Gasteiger partial charge in [0, 0.05) is 13.0 Å². The molecule has 3 N–H and O–H groups in total. The Morgan fingerprint density at radius 2 is 2.20 bits per heavy atom. The minimum Gasteiger partial charge on any atom is -0.386 e. The predicted octanol–water partition coefficient (Wildman–Crippen LogP) is -0.371. The number of ether oxygens (including phenoxy) is 1. The Hall–Kier alpha value is -0.120. The molecule has 1 spiro atoms. The van der Waals surface area contributed by atoms with Crippen LogP contribution in [0.4, 0.5) is 0 Å². The van der Waals surface area contributed by atoms with Crippen molar-refractivity contribution in [1.82, 2.24) is 0 Å². The van der Waals surface area contributed by atoms with E-state index in [0.717, 1.165) is 19.3 Å². The van der Waals surface area contributed by atoms with Crippen molar-refractivity contribution in [3.63, 3.8) is 0 Å². The molecule has 3 heteroatoms. The summed E-state index contributed by atoms with van der Waals surface area (Å²) in [5.74, 6) is 0. The van der Waals surface area contributed by atoms with Crippen molar-refractivity contribution in [3.05, 3.63) is 0 Å². The average Bonchev–Trinajstić information content (AvgIpc) is 2.56. The van der Waals surface area contributed by atoms with Crippen molar-refractivity contribution in [2.24, 2.45) is 5.73 Å². The number of aliphatic hydroxyl groups is 1. The maximum atomic E-state index is 9.63. The number of rotatable bonds is 1. The summed E-state index contributed by atoms with van der Waals surface area (Å²) in [4.78, 5) is 0. The van der Waals surface area contributed by atoms with Crippen LogP contribution >= 0.6 is 0 Å². The van der Waals surface area contributed by atoms with Gasteiger partial charge in [-0.1, -0.05) is 0 Å². The van der Waals surface area contributed by atoms with Crippen molar-refractivity contribution in [3.8, 4) is 0 Å². The third kappa shape index (κ3) is 0.856. The smallest absolute Gasteiger partial charge is 0.103 e. The third-order valence-corrected chi connectivity index (χ3v) is 2.49. The first-order chi connectivity index (χ1) is 4.68. The standard InChI is InChI=1S/C7H13NO2/c8-4-6(9)3-7(1-2-7)10-5-6/h9H,1-5,8H2. The van der Waals surface area contributed by atoms with Crippen LogP contribution in [-0.4, -0.2) is 29.5 Å². The summed E-state index contributed by atoms with van der Waals surface area (Å²) in [5, 5.41) is 9.63. The summed E-state index contributed by atoms with van der Waals surface area (Å²) in [6.07, 6.45) is 2.96. The van der Waals surface area contributed by atoms with Gasteiger partial charge in [-0.05, 0) is 12.8 Å². The van der Waals surface area contributed by atoms with Crippen LogP contribution in [0.2, 0.25) is 0 Å². The fourth-order valence-electron chi connectivity index (χ4n) is 1.58. The van der Waals surface area contributed by atoms with Gasteiger partial charge < -0.3 is 15.6 Å². The molecule has 1 aliphatic heterocycles. The minimum atomic E-state index is -0.712. The second-order valence-corrected chi connectivity index (χ2v) is 3.58. The van der Waals surface area contributed by atoms with E-state index >= 15 is 0 Å². The van der Waals surface area contributed by atoms with Crippen molar-refractivity contribution < 1.29 is 9.84 Å². The molecule has 1 aliphatic carbocycles. The molecule has 2 fully saturated rings. The maximum Gasteiger partial charge on any atom is 0.103 e. The molecule has 0 radical (unpaired) electrons. The number of nitrogens with two attached hydrogens (primary N) is 1. The molecule has 0 bridgehead atoms. The second kappa shape index (κ2) is 1.72. The van der Waals surface area contributed by atoms with Crippen LogP contribution in [0.1, 0.15) is 19.3 Å². The molecule has 2 rings (SSSR count). The Morgan fingerprint density at radius 1 is 1.50 bits per heavy atom. The summed E-state index contributed by atoms with van der Waals surface area (Å²) in [6, 6.07) is 0. The Balaban J connectivity index is 2.04. The zero-order valence-electron chi connectivity index (χ0n) is 5.97. The van der Waals surface area contributed by atoms with Gasteiger partial charge in [-0.25, -0.2) is 0 Å². The fourth-order valence-corrected chi connectivity index (χ4v) is 1.58. The topological polar surface area (TPSA) is 55.5 Å². The van der Waals surface area contributed by atoms with Crippen LogP contribution in [0, 0.1) is 0 Å².